The van der Waals surface area contributed by atoms with E-state index in [1.165, 1.54) is 48.3 Å². The zero-order valence-electron chi connectivity index (χ0n) is 13.0. The van der Waals surface area contributed by atoms with Crippen LogP contribution in [-0.4, -0.2) is 33.6 Å². The van der Waals surface area contributed by atoms with Crippen LogP contribution in [0.1, 0.15) is 16.1 Å². The van der Waals surface area contributed by atoms with Crippen LogP contribution in [0.5, 0.6) is 0 Å². The Kier molecular flexibility index (Phi) is 5.05. The first kappa shape index (κ1) is 16.9. The van der Waals surface area contributed by atoms with Crippen LogP contribution in [0.4, 0.5) is 11.4 Å². The van der Waals surface area contributed by atoms with Gasteiger partial charge in [0.2, 0.25) is 5.91 Å². The van der Waals surface area contributed by atoms with E-state index < -0.39 is 16.7 Å². The van der Waals surface area contributed by atoms with Gasteiger partial charge in [-0.3, -0.25) is 24.4 Å². The number of nitro groups is 1. The molecule has 0 bridgehead atoms. The van der Waals surface area contributed by atoms with Crippen molar-refractivity contribution in [1.82, 2.24) is 15.1 Å². The first-order valence-corrected chi connectivity index (χ1v) is 6.90. The Morgan fingerprint density at radius 1 is 1.38 bits per heavy atom. The lowest BCUT2D eigenvalue weighted by atomic mass is 10.2. The van der Waals surface area contributed by atoms with E-state index in [1.807, 2.05) is 0 Å². The van der Waals surface area contributed by atoms with Gasteiger partial charge in [0.05, 0.1) is 10.6 Å². The molecular formula is C15H15N5O4. The maximum atomic E-state index is 12.0. The monoisotopic (exact) mass is 329 g/mol. The van der Waals surface area contributed by atoms with E-state index in [1.54, 1.807) is 13.1 Å². The van der Waals surface area contributed by atoms with Crippen LogP contribution in [0, 0.1) is 10.1 Å². The lowest BCUT2D eigenvalue weighted by Crippen LogP contribution is -2.21. The van der Waals surface area contributed by atoms with Crippen molar-refractivity contribution in [3.63, 3.8) is 0 Å². The standard InChI is InChI=1S/C15H15N5O4/c1-16-15(22)14-12(9-19(2)18-14)17-13(21)7-6-10-4-3-5-11(8-10)20(23)24/h3-9H,1-2H3,(H,16,22)(H,17,21)/b7-6+. The molecule has 2 N–H and O–H groups in total. The summed E-state index contributed by atoms with van der Waals surface area (Å²) < 4.78 is 1.41. The molecule has 0 aliphatic heterocycles. The summed E-state index contributed by atoms with van der Waals surface area (Å²) in [6.45, 7) is 0. The number of nitrogens with zero attached hydrogens (tertiary/aromatic N) is 3. The third-order valence-corrected chi connectivity index (χ3v) is 3.04. The van der Waals surface area contributed by atoms with Gasteiger partial charge in [-0.05, 0) is 11.6 Å². The number of non-ortho nitro benzene ring substituents is 1. The van der Waals surface area contributed by atoms with Crippen molar-refractivity contribution in [1.29, 1.82) is 0 Å². The summed E-state index contributed by atoms with van der Waals surface area (Å²) in [5.41, 5.74) is 0.812. The van der Waals surface area contributed by atoms with Gasteiger partial charge in [-0.25, -0.2) is 0 Å². The van der Waals surface area contributed by atoms with Gasteiger partial charge in [0.25, 0.3) is 11.6 Å². The van der Waals surface area contributed by atoms with Crippen molar-refractivity contribution >= 4 is 29.3 Å². The van der Waals surface area contributed by atoms with Gasteiger partial charge in [-0.1, -0.05) is 12.1 Å². The number of anilines is 1. The molecule has 0 spiro atoms. The molecule has 0 radical (unpaired) electrons. The molecule has 24 heavy (non-hydrogen) atoms. The summed E-state index contributed by atoms with van der Waals surface area (Å²) in [6.07, 6.45) is 4.17. The zero-order chi connectivity index (χ0) is 17.7. The summed E-state index contributed by atoms with van der Waals surface area (Å²) in [7, 11) is 3.09. The molecule has 124 valence electrons. The van der Waals surface area contributed by atoms with E-state index in [0.717, 1.165) is 0 Å². The summed E-state index contributed by atoms with van der Waals surface area (Å²) in [4.78, 5) is 33.9. The van der Waals surface area contributed by atoms with Crippen LogP contribution in [-0.2, 0) is 11.8 Å². The zero-order valence-corrected chi connectivity index (χ0v) is 13.0. The predicted molar refractivity (Wildman–Crippen MR) is 87.4 cm³/mol. The number of carbonyl (C=O) groups is 2. The van der Waals surface area contributed by atoms with Crippen LogP contribution in [0.2, 0.25) is 0 Å². The number of aryl methyl sites for hydroxylation is 1. The molecule has 0 aliphatic rings. The second-order valence-electron chi connectivity index (χ2n) is 4.82. The molecule has 2 rings (SSSR count). The SMILES string of the molecule is CNC(=O)c1nn(C)cc1NC(=O)/C=C/c1cccc([N+](=O)[O-])c1. The average molecular weight is 329 g/mol. The fourth-order valence-corrected chi connectivity index (χ4v) is 1.95. The van der Waals surface area contributed by atoms with Crippen LogP contribution >= 0.6 is 0 Å². The smallest absolute Gasteiger partial charge is 0.273 e. The largest absolute Gasteiger partial charge is 0.354 e. The fraction of sp³-hybridized carbons (Fsp3) is 0.133. The minimum atomic E-state index is -0.511. The number of carbonyl (C=O) groups excluding carboxylic acids is 2. The Morgan fingerprint density at radius 3 is 2.79 bits per heavy atom. The number of rotatable bonds is 5. The molecule has 1 heterocycles. The Labute approximate surface area is 137 Å². The number of benzene rings is 1. The topological polar surface area (TPSA) is 119 Å². The van der Waals surface area contributed by atoms with Crippen LogP contribution in [0.3, 0.4) is 0 Å². The average Bonchev–Trinajstić information content (AvgIpc) is 2.92. The first-order valence-electron chi connectivity index (χ1n) is 6.90. The van der Waals surface area contributed by atoms with E-state index in [2.05, 4.69) is 15.7 Å². The third kappa shape index (κ3) is 4.03. The number of amides is 2. The second-order valence-corrected chi connectivity index (χ2v) is 4.82. The minimum absolute atomic E-state index is 0.0632. The summed E-state index contributed by atoms with van der Waals surface area (Å²) in [6, 6.07) is 5.88. The summed E-state index contributed by atoms with van der Waals surface area (Å²) in [5.74, 6) is -0.909. The molecule has 2 amide bonds. The minimum Gasteiger partial charge on any atom is -0.354 e. The number of nitrogens with one attached hydrogen (secondary N) is 2. The highest BCUT2D eigenvalue weighted by molar-refractivity contribution is 6.06. The Balaban J connectivity index is 2.12. The van der Waals surface area contributed by atoms with Crippen molar-refractivity contribution in [2.24, 2.45) is 7.05 Å². The summed E-state index contributed by atoms with van der Waals surface area (Å²) >= 11 is 0. The molecule has 0 saturated carbocycles. The molecule has 0 atom stereocenters. The molecule has 9 heteroatoms. The highest BCUT2D eigenvalue weighted by atomic mass is 16.6. The van der Waals surface area contributed by atoms with Gasteiger partial charge >= 0.3 is 0 Å². The van der Waals surface area contributed by atoms with Gasteiger partial charge in [-0.2, -0.15) is 5.10 Å². The highest BCUT2D eigenvalue weighted by Gasteiger charge is 2.15. The third-order valence-electron chi connectivity index (χ3n) is 3.04. The predicted octanol–water partition coefficient (Wildman–Crippen LogP) is 1.34. The molecule has 1 aromatic heterocycles. The summed E-state index contributed by atoms with van der Waals surface area (Å²) in [5, 5.41) is 19.7. The van der Waals surface area contributed by atoms with Gasteiger partial charge in [0, 0.05) is 38.5 Å². The fourth-order valence-electron chi connectivity index (χ4n) is 1.95. The van der Waals surface area contributed by atoms with Gasteiger partial charge in [0.1, 0.15) is 0 Å². The van der Waals surface area contributed by atoms with Crippen molar-refractivity contribution in [3.8, 4) is 0 Å². The van der Waals surface area contributed by atoms with Crippen molar-refractivity contribution < 1.29 is 14.5 Å². The van der Waals surface area contributed by atoms with Crippen molar-refractivity contribution in [3.05, 3.63) is 57.9 Å². The molecule has 9 nitrogen and oxygen atoms in total. The molecule has 0 unspecified atom stereocenters. The second kappa shape index (κ2) is 7.18. The molecule has 2 aromatic rings. The van der Waals surface area contributed by atoms with Crippen LogP contribution in [0.15, 0.2) is 36.5 Å². The molecule has 0 fully saturated rings. The lowest BCUT2D eigenvalue weighted by molar-refractivity contribution is -0.384. The van der Waals surface area contributed by atoms with E-state index >= 15 is 0 Å². The highest BCUT2D eigenvalue weighted by Crippen LogP contribution is 2.15. The number of hydrogen-bond donors (Lipinski definition) is 2. The van der Waals surface area contributed by atoms with E-state index in [0.29, 0.717) is 5.56 Å². The van der Waals surface area contributed by atoms with Gasteiger partial charge in [-0.15, -0.1) is 0 Å². The van der Waals surface area contributed by atoms with Crippen molar-refractivity contribution in [2.45, 2.75) is 0 Å². The molecule has 1 aromatic carbocycles. The molecular weight excluding hydrogens is 314 g/mol. The maximum absolute atomic E-state index is 12.0. The number of hydrogen-bond acceptors (Lipinski definition) is 5. The quantitative estimate of drug-likeness (QED) is 0.487. The Morgan fingerprint density at radius 2 is 2.12 bits per heavy atom. The number of nitro benzene ring substituents is 1. The molecule has 0 aliphatic carbocycles. The lowest BCUT2D eigenvalue weighted by Gasteiger charge is -2.01. The van der Waals surface area contributed by atoms with E-state index in [-0.39, 0.29) is 17.1 Å². The Hall–Kier alpha value is -3.49. The van der Waals surface area contributed by atoms with Gasteiger partial charge in [0.15, 0.2) is 5.69 Å². The molecule has 0 saturated heterocycles. The Bertz CT molecular complexity index is 825. The first-order chi connectivity index (χ1) is 11.4. The van der Waals surface area contributed by atoms with Crippen molar-refractivity contribution in [2.75, 3.05) is 12.4 Å². The van der Waals surface area contributed by atoms with E-state index in [4.69, 9.17) is 0 Å². The maximum Gasteiger partial charge on any atom is 0.273 e. The normalized spacial score (nSPS) is 10.6. The van der Waals surface area contributed by atoms with Crippen LogP contribution < -0.4 is 10.6 Å². The number of aromatic nitrogens is 2. The van der Waals surface area contributed by atoms with Crippen LogP contribution in [0.25, 0.3) is 6.08 Å². The van der Waals surface area contributed by atoms with E-state index in [9.17, 15) is 19.7 Å². The van der Waals surface area contributed by atoms with Gasteiger partial charge < -0.3 is 10.6 Å².